The highest BCUT2D eigenvalue weighted by atomic mass is 14.9. The topological polar surface area (TPSA) is 38.0 Å². The molecule has 1 atom stereocenters. The molecule has 2 nitrogen and oxygen atoms in total. The van der Waals surface area contributed by atoms with Gasteiger partial charge in [0.25, 0.3) is 0 Å². The summed E-state index contributed by atoms with van der Waals surface area (Å²) >= 11 is 0. The number of likely N-dealkylation sites (N-methyl/N-ethyl adjacent to an activating group) is 1. The summed E-state index contributed by atoms with van der Waals surface area (Å²) in [4.78, 5) is 0. The second kappa shape index (κ2) is 4.11. The lowest BCUT2D eigenvalue weighted by Gasteiger charge is -2.09. The summed E-state index contributed by atoms with van der Waals surface area (Å²) in [6.45, 7) is 0.823. The Kier molecular flexibility index (Phi) is 3.08. The molecule has 1 aromatic rings. The zero-order chi connectivity index (χ0) is 8.10. The van der Waals surface area contributed by atoms with Gasteiger partial charge in [-0.3, -0.25) is 0 Å². The van der Waals surface area contributed by atoms with Gasteiger partial charge in [-0.2, -0.15) is 0 Å². The van der Waals surface area contributed by atoms with Crippen LogP contribution in [0.4, 0.5) is 0 Å². The fraction of sp³-hybridized carbons (Fsp3) is 0.333. The van der Waals surface area contributed by atoms with Crippen LogP contribution in [0.5, 0.6) is 0 Å². The molecule has 0 saturated heterocycles. The minimum atomic E-state index is 0.112. The Morgan fingerprint density at radius 1 is 1.36 bits per heavy atom. The molecule has 0 radical (unpaired) electrons. The number of nitrogens with one attached hydrogen (secondary N) is 1. The molecule has 0 bridgehead atoms. The van der Waals surface area contributed by atoms with Crippen molar-refractivity contribution >= 4 is 0 Å². The quantitative estimate of drug-likeness (QED) is 0.672. The number of benzene rings is 1. The van der Waals surface area contributed by atoms with Crippen molar-refractivity contribution in [2.45, 2.75) is 6.04 Å². The maximum Gasteiger partial charge on any atom is 0.0421 e. The molecule has 2 heteroatoms. The number of nitrogens with two attached hydrogens (primary N) is 1. The predicted octanol–water partition coefficient (Wildman–Crippen LogP) is 0.906. The Labute approximate surface area is 67.4 Å². The highest BCUT2D eigenvalue weighted by Crippen LogP contribution is 2.07. The number of rotatable bonds is 3. The second-order valence-corrected chi connectivity index (χ2v) is 2.57. The molecule has 0 aromatic heterocycles. The Balaban J connectivity index is 2.61. The minimum Gasteiger partial charge on any atom is -0.323 e. The van der Waals surface area contributed by atoms with Gasteiger partial charge < -0.3 is 11.1 Å². The van der Waals surface area contributed by atoms with E-state index in [0.717, 1.165) is 6.54 Å². The lowest BCUT2D eigenvalue weighted by atomic mass is 10.1. The zero-order valence-corrected chi connectivity index (χ0v) is 6.75. The summed E-state index contributed by atoms with van der Waals surface area (Å²) in [5.41, 5.74) is 7.03. The molecule has 0 fully saturated rings. The summed E-state index contributed by atoms with van der Waals surface area (Å²) in [6.07, 6.45) is 0. The van der Waals surface area contributed by atoms with Crippen LogP contribution < -0.4 is 11.1 Å². The molecule has 0 aliphatic rings. The second-order valence-electron chi connectivity index (χ2n) is 2.57. The van der Waals surface area contributed by atoms with Crippen LogP contribution in [-0.4, -0.2) is 13.6 Å². The molecular weight excluding hydrogens is 136 g/mol. The normalized spacial score (nSPS) is 12.9. The van der Waals surface area contributed by atoms with E-state index in [1.807, 2.05) is 37.4 Å². The maximum atomic E-state index is 5.84. The van der Waals surface area contributed by atoms with Crippen molar-refractivity contribution < 1.29 is 0 Å². The van der Waals surface area contributed by atoms with Gasteiger partial charge in [0.1, 0.15) is 0 Å². The van der Waals surface area contributed by atoms with E-state index in [-0.39, 0.29) is 6.04 Å². The molecule has 0 amide bonds. The van der Waals surface area contributed by atoms with E-state index in [2.05, 4.69) is 5.32 Å². The summed E-state index contributed by atoms with van der Waals surface area (Å²) in [5, 5.41) is 3.04. The number of hydrogen-bond acceptors (Lipinski definition) is 2. The Bertz CT molecular complexity index is 196. The SMILES string of the molecule is CNC[C@@H](N)c1ccccc1. The standard InChI is InChI=1S/C9H14N2/c1-11-7-9(10)8-5-3-2-4-6-8/h2-6,9,11H,7,10H2,1H3/t9-/m1/s1. The molecular formula is C9H14N2. The van der Waals surface area contributed by atoms with Gasteiger partial charge in [0.05, 0.1) is 0 Å². The van der Waals surface area contributed by atoms with Crippen LogP contribution >= 0.6 is 0 Å². The minimum absolute atomic E-state index is 0.112. The van der Waals surface area contributed by atoms with Gasteiger partial charge in [-0.15, -0.1) is 0 Å². The average molecular weight is 150 g/mol. The van der Waals surface area contributed by atoms with Crippen molar-refractivity contribution in [3.8, 4) is 0 Å². The largest absolute Gasteiger partial charge is 0.323 e. The van der Waals surface area contributed by atoms with Gasteiger partial charge in [0.15, 0.2) is 0 Å². The van der Waals surface area contributed by atoms with E-state index >= 15 is 0 Å². The van der Waals surface area contributed by atoms with E-state index < -0.39 is 0 Å². The third-order valence-corrected chi connectivity index (χ3v) is 1.65. The van der Waals surface area contributed by atoms with Crippen LogP contribution in [0.3, 0.4) is 0 Å². The van der Waals surface area contributed by atoms with E-state index in [4.69, 9.17) is 5.73 Å². The van der Waals surface area contributed by atoms with Crippen molar-refractivity contribution in [1.82, 2.24) is 5.32 Å². The molecule has 60 valence electrons. The first-order valence-corrected chi connectivity index (χ1v) is 3.79. The van der Waals surface area contributed by atoms with Gasteiger partial charge in [0, 0.05) is 12.6 Å². The van der Waals surface area contributed by atoms with Gasteiger partial charge in [-0.1, -0.05) is 30.3 Å². The smallest absolute Gasteiger partial charge is 0.0421 e. The Morgan fingerprint density at radius 2 is 2.00 bits per heavy atom. The molecule has 0 saturated carbocycles. The summed E-state index contributed by atoms with van der Waals surface area (Å²) in [5.74, 6) is 0. The lowest BCUT2D eigenvalue weighted by Crippen LogP contribution is -2.23. The Hall–Kier alpha value is -0.860. The van der Waals surface area contributed by atoms with Crippen LogP contribution in [0.25, 0.3) is 0 Å². The van der Waals surface area contributed by atoms with E-state index in [9.17, 15) is 0 Å². The van der Waals surface area contributed by atoms with Crippen molar-refractivity contribution in [3.05, 3.63) is 35.9 Å². The molecule has 3 N–H and O–H groups in total. The third kappa shape index (κ3) is 2.33. The van der Waals surface area contributed by atoms with Crippen molar-refractivity contribution in [2.24, 2.45) is 5.73 Å². The van der Waals surface area contributed by atoms with E-state index in [1.54, 1.807) is 0 Å². The van der Waals surface area contributed by atoms with Crippen molar-refractivity contribution in [3.63, 3.8) is 0 Å². The molecule has 0 unspecified atom stereocenters. The van der Waals surface area contributed by atoms with E-state index in [1.165, 1.54) is 5.56 Å². The van der Waals surface area contributed by atoms with E-state index in [0.29, 0.717) is 0 Å². The highest BCUT2D eigenvalue weighted by molar-refractivity contribution is 5.18. The Morgan fingerprint density at radius 3 is 2.55 bits per heavy atom. The molecule has 0 aliphatic carbocycles. The van der Waals surface area contributed by atoms with Crippen LogP contribution in [0, 0.1) is 0 Å². The third-order valence-electron chi connectivity index (χ3n) is 1.65. The number of hydrogen-bond donors (Lipinski definition) is 2. The average Bonchev–Trinajstić information content (AvgIpc) is 2.07. The van der Waals surface area contributed by atoms with Crippen molar-refractivity contribution in [2.75, 3.05) is 13.6 Å². The van der Waals surface area contributed by atoms with Crippen LogP contribution in [0.15, 0.2) is 30.3 Å². The van der Waals surface area contributed by atoms with Crippen LogP contribution in [0.1, 0.15) is 11.6 Å². The zero-order valence-electron chi connectivity index (χ0n) is 6.75. The lowest BCUT2D eigenvalue weighted by molar-refractivity contribution is 0.653. The van der Waals surface area contributed by atoms with Gasteiger partial charge in [-0.05, 0) is 12.6 Å². The van der Waals surface area contributed by atoms with Crippen LogP contribution in [-0.2, 0) is 0 Å². The monoisotopic (exact) mass is 150 g/mol. The maximum absolute atomic E-state index is 5.84. The van der Waals surface area contributed by atoms with Crippen molar-refractivity contribution in [1.29, 1.82) is 0 Å². The highest BCUT2D eigenvalue weighted by Gasteiger charge is 2.01. The summed E-state index contributed by atoms with van der Waals surface area (Å²) < 4.78 is 0. The van der Waals surface area contributed by atoms with Gasteiger partial charge in [-0.25, -0.2) is 0 Å². The molecule has 0 heterocycles. The summed E-state index contributed by atoms with van der Waals surface area (Å²) in [6, 6.07) is 10.2. The first kappa shape index (κ1) is 8.24. The molecule has 0 aliphatic heterocycles. The van der Waals surface area contributed by atoms with Gasteiger partial charge >= 0.3 is 0 Å². The van der Waals surface area contributed by atoms with Crippen LogP contribution in [0.2, 0.25) is 0 Å². The van der Waals surface area contributed by atoms with Gasteiger partial charge in [0.2, 0.25) is 0 Å². The fourth-order valence-corrected chi connectivity index (χ4v) is 1.04. The first-order valence-electron chi connectivity index (χ1n) is 3.79. The predicted molar refractivity (Wildman–Crippen MR) is 47.3 cm³/mol. The summed E-state index contributed by atoms with van der Waals surface area (Å²) in [7, 11) is 1.91. The first-order chi connectivity index (χ1) is 5.34. The fourth-order valence-electron chi connectivity index (χ4n) is 1.04. The molecule has 0 spiro atoms. The molecule has 1 aromatic carbocycles. The molecule has 1 rings (SSSR count). The molecule has 11 heavy (non-hydrogen) atoms.